The standard InChI is InChI=1S/C32H29N5O3S/c1-33-24-12-10-22(11-13-24)17-37-21-34-16-25(37)18-36-19-28(27-9-5-7-23-6-3-4-8-26(23)27)29(20-36)31(38)35-30(32(39)40)14-15-41-2/h3-13,16,19-21,30H,14-15,17-18H2,2H3,(H,35,38)(H,39,40)/t30-/m0/s1. The van der Waals surface area contributed by atoms with Crippen molar-refractivity contribution in [2.45, 2.75) is 25.6 Å². The Hall–Kier alpha value is -4.81. The van der Waals surface area contributed by atoms with Crippen LogP contribution in [0, 0.1) is 6.57 Å². The number of aliphatic carboxylic acids is 1. The summed E-state index contributed by atoms with van der Waals surface area (Å²) >= 11 is 1.54. The molecule has 2 heterocycles. The van der Waals surface area contributed by atoms with E-state index in [4.69, 9.17) is 6.57 Å². The minimum Gasteiger partial charge on any atom is -0.480 e. The molecule has 8 nitrogen and oxygen atoms in total. The van der Waals surface area contributed by atoms with E-state index < -0.39 is 17.9 Å². The normalized spacial score (nSPS) is 11.7. The number of thioether (sulfide) groups is 1. The number of aromatic nitrogens is 3. The van der Waals surface area contributed by atoms with Gasteiger partial charge in [0.25, 0.3) is 5.91 Å². The van der Waals surface area contributed by atoms with Crippen molar-refractivity contribution in [2.24, 2.45) is 0 Å². The highest BCUT2D eigenvalue weighted by Crippen LogP contribution is 2.32. The number of nitrogens with zero attached hydrogens (tertiary/aromatic N) is 4. The van der Waals surface area contributed by atoms with E-state index in [0.29, 0.717) is 36.5 Å². The summed E-state index contributed by atoms with van der Waals surface area (Å²) in [6, 6.07) is 20.5. The fourth-order valence-electron chi connectivity index (χ4n) is 4.87. The number of carboxylic acid groups (broad SMARTS) is 1. The van der Waals surface area contributed by atoms with E-state index in [1.807, 2.05) is 76.2 Å². The molecule has 0 saturated heterocycles. The largest absolute Gasteiger partial charge is 0.480 e. The van der Waals surface area contributed by atoms with Crippen LogP contribution in [0.15, 0.2) is 91.6 Å². The molecule has 206 valence electrons. The molecule has 3 aromatic carbocycles. The number of amides is 1. The van der Waals surface area contributed by atoms with Crippen LogP contribution in [0.25, 0.3) is 26.7 Å². The molecule has 2 N–H and O–H groups in total. The SMILES string of the molecule is [C-]#[N+]c1ccc(Cn2cncc2Cn2cc(C(=O)N[C@@H](CCSC)C(=O)O)c(-c3cccc4ccccc34)c2)cc1. The van der Waals surface area contributed by atoms with Crippen LogP contribution in [-0.4, -0.2) is 49.2 Å². The molecular formula is C32H29N5O3S. The van der Waals surface area contributed by atoms with Gasteiger partial charge < -0.3 is 19.6 Å². The highest BCUT2D eigenvalue weighted by atomic mass is 32.2. The summed E-state index contributed by atoms with van der Waals surface area (Å²) in [6.45, 7) is 8.21. The second-order valence-corrected chi connectivity index (χ2v) is 10.7. The van der Waals surface area contributed by atoms with Gasteiger partial charge in [-0.2, -0.15) is 11.8 Å². The number of carboxylic acids is 1. The molecule has 9 heteroatoms. The molecule has 41 heavy (non-hydrogen) atoms. The lowest BCUT2D eigenvalue weighted by molar-refractivity contribution is -0.139. The van der Waals surface area contributed by atoms with Crippen LogP contribution >= 0.6 is 11.8 Å². The average Bonchev–Trinajstić information content (AvgIpc) is 3.62. The molecule has 5 aromatic rings. The number of hydrogen-bond donors (Lipinski definition) is 2. The Bertz CT molecular complexity index is 1730. The molecule has 0 bridgehead atoms. The summed E-state index contributed by atoms with van der Waals surface area (Å²) in [5, 5.41) is 14.5. The second kappa shape index (κ2) is 12.6. The molecule has 5 rings (SSSR count). The molecule has 0 spiro atoms. The first-order valence-electron chi connectivity index (χ1n) is 13.1. The number of fused-ring (bicyclic) bond motifs is 1. The Morgan fingerprint density at radius 2 is 1.80 bits per heavy atom. The number of imidazole rings is 1. The molecule has 1 atom stereocenters. The van der Waals surface area contributed by atoms with Gasteiger partial charge in [-0.25, -0.2) is 14.6 Å². The molecule has 2 aromatic heterocycles. The molecule has 0 aliphatic heterocycles. The van der Waals surface area contributed by atoms with Crippen molar-refractivity contribution >= 4 is 40.1 Å². The minimum absolute atomic E-state index is 0.336. The van der Waals surface area contributed by atoms with Crippen LogP contribution < -0.4 is 5.32 Å². The first-order chi connectivity index (χ1) is 20.0. The number of rotatable bonds is 11. The Kier molecular flexibility index (Phi) is 8.51. The van der Waals surface area contributed by atoms with E-state index in [2.05, 4.69) is 15.1 Å². The highest BCUT2D eigenvalue weighted by molar-refractivity contribution is 7.98. The molecule has 0 radical (unpaired) electrons. The van der Waals surface area contributed by atoms with E-state index >= 15 is 0 Å². The van der Waals surface area contributed by atoms with Crippen molar-refractivity contribution in [3.63, 3.8) is 0 Å². The summed E-state index contributed by atoms with van der Waals surface area (Å²) in [5.41, 5.74) is 4.63. The van der Waals surface area contributed by atoms with Gasteiger partial charge in [0.1, 0.15) is 6.04 Å². The summed E-state index contributed by atoms with van der Waals surface area (Å²) < 4.78 is 3.98. The van der Waals surface area contributed by atoms with Gasteiger partial charge in [0.15, 0.2) is 5.69 Å². The highest BCUT2D eigenvalue weighted by Gasteiger charge is 2.24. The maximum absolute atomic E-state index is 13.6. The molecular weight excluding hydrogens is 534 g/mol. The van der Waals surface area contributed by atoms with Crippen LogP contribution in [0.1, 0.15) is 28.0 Å². The lowest BCUT2D eigenvalue weighted by Gasteiger charge is -2.14. The number of nitrogens with one attached hydrogen (secondary N) is 1. The van der Waals surface area contributed by atoms with E-state index in [0.717, 1.165) is 33.2 Å². The lowest BCUT2D eigenvalue weighted by Crippen LogP contribution is -2.41. The quantitative estimate of drug-likeness (QED) is 0.190. The second-order valence-electron chi connectivity index (χ2n) is 9.72. The first kappa shape index (κ1) is 27.7. The lowest BCUT2D eigenvalue weighted by atomic mass is 9.97. The van der Waals surface area contributed by atoms with Gasteiger partial charge in [0.05, 0.1) is 30.7 Å². The van der Waals surface area contributed by atoms with Crippen LogP contribution in [-0.2, 0) is 17.9 Å². The summed E-state index contributed by atoms with van der Waals surface area (Å²) in [7, 11) is 0. The number of carbonyl (C=O) groups is 2. The van der Waals surface area contributed by atoms with Crippen molar-refractivity contribution in [3.05, 3.63) is 120 Å². The smallest absolute Gasteiger partial charge is 0.326 e. The fourth-order valence-corrected chi connectivity index (χ4v) is 5.34. The zero-order valence-electron chi connectivity index (χ0n) is 22.5. The van der Waals surface area contributed by atoms with Gasteiger partial charge in [-0.05, 0) is 40.3 Å². The maximum atomic E-state index is 13.6. The van der Waals surface area contributed by atoms with Crippen molar-refractivity contribution in [1.29, 1.82) is 0 Å². The summed E-state index contributed by atoms with van der Waals surface area (Å²) in [5.74, 6) is -0.848. The Morgan fingerprint density at radius 1 is 1.02 bits per heavy atom. The van der Waals surface area contributed by atoms with Gasteiger partial charge in [-0.15, -0.1) is 0 Å². The Morgan fingerprint density at radius 3 is 2.56 bits per heavy atom. The third-order valence-electron chi connectivity index (χ3n) is 6.98. The molecule has 0 unspecified atom stereocenters. The zero-order chi connectivity index (χ0) is 28.8. The summed E-state index contributed by atoms with van der Waals surface area (Å²) in [6.07, 6.45) is 9.53. The van der Waals surface area contributed by atoms with Crippen molar-refractivity contribution < 1.29 is 14.7 Å². The predicted molar refractivity (Wildman–Crippen MR) is 162 cm³/mol. The Balaban J connectivity index is 1.50. The third kappa shape index (κ3) is 6.34. The summed E-state index contributed by atoms with van der Waals surface area (Å²) in [4.78, 5) is 33.3. The number of carbonyl (C=O) groups excluding carboxylic acids is 1. The van der Waals surface area contributed by atoms with E-state index in [-0.39, 0.29) is 0 Å². The first-order valence-corrected chi connectivity index (χ1v) is 14.5. The topological polar surface area (TPSA) is 93.5 Å². The third-order valence-corrected chi connectivity index (χ3v) is 7.62. The van der Waals surface area contributed by atoms with Gasteiger partial charge >= 0.3 is 5.97 Å². The van der Waals surface area contributed by atoms with Crippen LogP contribution in [0.3, 0.4) is 0 Å². The maximum Gasteiger partial charge on any atom is 0.326 e. The molecule has 0 saturated carbocycles. The van der Waals surface area contributed by atoms with Gasteiger partial charge in [-0.1, -0.05) is 66.7 Å². The minimum atomic E-state index is -1.05. The van der Waals surface area contributed by atoms with Gasteiger partial charge in [0, 0.05) is 30.7 Å². The number of hydrogen-bond acceptors (Lipinski definition) is 4. The van der Waals surface area contributed by atoms with Crippen LogP contribution in [0.4, 0.5) is 5.69 Å². The molecule has 0 fully saturated rings. The van der Waals surface area contributed by atoms with E-state index in [9.17, 15) is 14.7 Å². The fraction of sp³-hybridized carbons (Fsp3) is 0.188. The van der Waals surface area contributed by atoms with E-state index in [1.165, 1.54) is 0 Å². The Labute approximate surface area is 242 Å². The monoisotopic (exact) mass is 563 g/mol. The molecule has 0 aliphatic carbocycles. The van der Waals surface area contributed by atoms with Crippen LogP contribution in [0.5, 0.6) is 0 Å². The van der Waals surface area contributed by atoms with Gasteiger partial charge in [-0.3, -0.25) is 4.79 Å². The number of benzene rings is 3. The van der Waals surface area contributed by atoms with Crippen molar-refractivity contribution in [3.8, 4) is 11.1 Å². The van der Waals surface area contributed by atoms with Crippen LogP contribution in [0.2, 0.25) is 0 Å². The van der Waals surface area contributed by atoms with E-state index in [1.54, 1.807) is 42.6 Å². The van der Waals surface area contributed by atoms with Gasteiger partial charge in [0.2, 0.25) is 0 Å². The average molecular weight is 564 g/mol. The van der Waals surface area contributed by atoms with Crippen molar-refractivity contribution in [2.75, 3.05) is 12.0 Å². The van der Waals surface area contributed by atoms with Crippen molar-refractivity contribution in [1.82, 2.24) is 19.4 Å². The molecule has 1 amide bonds. The zero-order valence-corrected chi connectivity index (χ0v) is 23.3. The molecule has 0 aliphatic rings. The predicted octanol–water partition coefficient (Wildman–Crippen LogP) is 6.09.